The number of carbonyl (C=O) groups excluding carboxylic acids is 1. The molecule has 0 saturated heterocycles. The van der Waals surface area contributed by atoms with E-state index in [0.29, 0.717) is 5.75 Å². The fourth-order valence-corrected chi connectivity index (χ4v) is 3.31. The molecule has 0 atom stereocenters. The molecular weight excluding hydrogens is 312 g/mol. The largest absolute Gasteiger partial charge is 0.497 e. The van der Waals surface area contributed by atoms with Crippen molar-refractivity contribution in [2.24, 2.45) is 0 Å². The van der Waals surface area contributed by atoms with Gasteiger partial charge in [0.15, 0.2) is 15.6 Å². The quantitative estimate of drug-likeness (QED) is 0.793. The second-order valence-electron chi connectivity index (χ2n) is 4.34. The highest BCUT2D eigenvalue weighted by Crippen LogP contribution is 2.21. The van der Waals surface area contributed by atoms with Crippen molar-refractivity contribution in [2.75, 3.05) is 12.9 Å². The van der Waals surface area contributed by atoms with E-state index in [2.05, 4.69) is 0 Å². The van der Waals surface area contributed by atoms with Crippen molar-refractivity contribution in [3.05, 3.63) is 59.1 Å². The van der Waals surface area contributed by atoms with E-state index in [1.807, 2.05) is 0 Å². The van der Waals surface area contributed by atoms with Crippen LogP contribution in [0.25, 0.3) is 0 Å². The number of ether oxygens (including phenoxy) is 1. The first-order valence-corrected chi connectivity index (χ1v) is 8.11. The molecule has 0 heterocycles. The van der Waals surface area contributed by atoms with Crippen molar-refractivity contribution in [3.8, 4) is 5.75 Å². The van der Waals surface area contributed by atoms with Gasteiger partial charge in [-0.2, -0.15) is 0 Å². The Labute approximate surface area is 128 Å². The maximum atomic E-state index is 12.3. The van der Waals surface area contributed by atoms with E-state index in [9.17, 15) is 13.2 Å². The summed E-state index contributed by atoms with van der Waals surface area (Å²) in [5.41, 5.74) is 0.200. The Morgan fingerprint density at radius 3 is 2.52 bits per heavy atom. The highest BCUT2D eigenvalue weighted by atomic mass is 35.5. The zero-order valence-electron chi connectivity index (χ0n) is 11.2. The number of methoxy groups -OCH3 is 1. The minimum absolute atomic E-state index is 0.0438. The van der Waals surface area contributed by atoms with Crippen LogP contribution in [-0.2, 0) is 9.84 Å². The first kappa shape index (κ1) is 15.5. The molecule has 0 amide bonds. The van der Waals surface area contributed by atoms with E-state index in [1.165, 1.54) is 25.3 Å². The van der Waals surface area contributed by atoms with E-state index in [-0.39, 0.29) is 15.5 Å². The van der Waals surface area contributed by atoms with Crippen LogP contribution in [0.4, 0.5) is 0 Å². The molecule has 0 fully saturated rings. The number of Topliss-reactive ketones (excluding diaryl/α,β-unsaturated/α-hetero) is 1. The topological polar surface area (TPSA) is 60.4 Å². The van der Waals surface area contributed by atoms with Crippen LogP contribution in [0.15, 0.2) is 53.4 Å². The summed E-state index contributed by atoms with van der Waals surface area (Å²) in [4.78, 5) is 12.2. The summed E-state index contributed by atoms with van der Waals surface area (Å²) in [5, 5.41) is 0.239. The standard InChI is InChI=1S/C15H13ClO4S/c1-20-11-5-4-6-12(9-11)21(18,19)10-15(17)13-7-2-3-8-14(13)16/h2-9H,10H2,1H3. The molecule has 6 heteroatoms. The Bertz CT molecular complexity index is 769. The van der Waals surface area contributed by atoms with Crippen LogP contribution in [-0.4, -0.2) is 27.1 Å². The fraction of sp³-hybridized carbons (Fsp3) is 0.133. The van der Waals surface area contributed by atoms with Gasteiger partial charge in [-0.3, -0.25) is 4.79 Å². The van der Waals surface area contributed by atoms with Gasteiger partial charge >= 0.3 is 0 Å². The molecule has 0 aliphatic heterocycles. The predicted molar refractivity (Wildman–Crippen MR) is 80.8 cm³/mol. The van der Waals surface area contributed by atoms with Crippen LogP contribution < -0.4 is 4.74 Å². The van der Waals surface area contributed by atoms with Crippen molar-refractivity contribution >= 4 is 27.2 Å². The lowest BCUT2D eigenvalue weighted by Crippen LogP contribution is -2.16. The van der Waals surface area contributed by atoms with Crippen LogP contribution in [0.5, 0.6) is 5.75 Å². The van der Waals surface area contributed by atoms with Gasteiger partial charge in [0.2, 0.25) is 0 Å². The molecule has 0 spiro atoms. The molecule has 0 aliphatic rings. The average molecular weight is 325 g/mol. The zero-order valence-corrected chi connectivity index (χ0v) is 12.8. The van der Waals surface area contributed by atoms with Crippen LogP contribution >= 0.6 is 11.6 Å². The molecule has 0 radical (unpaired) electrons. The fourth-order valence-electron chi connectivity index (χ4n) is 1.82. The second-order valence-corrected chi connectivity index (χ2v) is 6.74. The third-order valence-corrected chi connectivity index (χ3v) is 4.84. The molecule has 4 nitrogen and oxygen atoms in total. The van der Waals surface area contributed by atoms with Crippen molar-refractivity contribution < 1.29 is 17.9 Å². The molecule has 0 N–H and O–H groups in total. The Hall–Kier alpha value is -1.85. The number of sulfone groups is 1. The smallest absolute Gasteiger partial charge is 0.185 e. The molecule has 2 rings (SSSR count). The van der Waals surface area contributed by atoms with Crippen molar-refractivity contribution in [1.29, 1.82) is 0 Å². The maximum Gasteiger partial charge on any atom is 0.185 e. The molecule has 0 aromatic heterocycles. The summed E-state index contributed by atoms with van der Waals surface area (Å²) in [6, 6.07) is 12.4. The zero-order chi connectivity index (χ0) is 15.5. The molecule has 2 aromatic carbocycles. The first-order chi connectivity index (χ1) is 9.94. The van der Waals surface area contributed by atoms with E-state index in [1.54, 1.807) is 30.3 Å². The Morgan fingerprint density at radius 1 is 1.14 bits per heavy atom. The maximum absolute atomic E-state index is 12.3. The van der Waals surface area contributed by atoms with Gasteiger partial charge in [0.25, 0.3) is 0 Å². The third-order valence-electron chi connectivity index (χ3n) is 2.90. The molecule has 0 aliphatic carbocycles. The Kier molecular flexibility index (Phi) is 4.65. The van der Waals surface area contributed by atoms with Crippen molar-refractivity contribution in [1.82, 2.24) is 0 Å². The van der Waals surface area contributed by atoms with Gasteiger partial charge in [-0.05, 0) is 30.3 Å². The normalized spacial score (nSPS) is 11.1. The molecule has 21 heavy (non-hydrogen) atoms. The molecule has 0 saturated carbocycles. The van der Waals surface area contributed by atoms with Gasteiger partial charge in [-0.1, -0.05) is 29.8 Å². The molecule has 0 unspecified atom stereocenters. The van der Waals surface area contributed by atoms with E-state index >= 15 is 0 Å². The van der Waals surface area contributed by atoms with Crippen molar-refractivity contribution in [3.63, 3.8) is 0 Å². The number of rotatable bonds is 5. The van der Waals surface area contributed by atoms with Gasteiger partial charge in [-0.25, -0.2) is 8.42 Å². The van der Waals surface area contributed by atoms with Gasteiger partial charge in [0.1, 0.15) is 11.5 Å². The number of carbonyl (C=O) groups is 1. The highest BCUT2D eigenvalue weighted by Gasteiger charge is 2.22. The number of halogens is 1. The summed E-state index contributed by atoms with van der Waals surface area (Å²) < 4.78 is 29.5. The third kappa shape index (κ3) is 3.62. The summed E-state index contributed by atoms with van der Waals surface area (Å²) in [6.45, 7) is 0. The summed E-state index contributed by atoms with van der Waals surface area (Å²) in [6.07, 6.45) is 0. The summed E-state index contributed by atoms with van der Waals surface area (Å²) in [7, 11) is -2.30. The van der Waals surface area contributed by atoms with Crippen LogP contribution in [0.1, 0.15) is 10.4 Å². The minimum Gasteiger partial charge on any atom is -0.497 e. The van der Waals surface area contributed by atoms with E-state index in [0.717, 1.165) is 0 Å². The SMILES string of the molecule is COc1cccc(S(=O)(=O)CC(=O)c2ccccc2Cl)c1. The lowest BCUT2D eigenvalue weighted by atomic mass is 10.1. The first-order valence-electron chi connectivity index (χ1n) is 6.08. The van der Waals surface area contributed by atoms with Crippen LogP contribution in [0.2, 0.25) is 5.02 Å². The van der Waals surface area contributed by atoms with Gasteiger partial charge in [-0.15, -0.1) is 0 Å². The van der Waals surface area contributed by atoms with Gasteiger partial charge in [0, 0.05) is 5.56 Å². The predicted octanol–water partition coefficient (Wildman–Crippen LogP) is 3.01. The minimum atomic E-state index is -3.75. The lowest BCUT2D eigenvalue weighted by molar-refractivity contribution is 0.102. The van der Waals surface area contributed by atoms with Gasteiger partial charge < -0.3 is 4.74 Å². The number of hydrogen-bond acceptors (Lipinski definition) is 4. The van der Waals surface area contributed by atoms with Crippen LogP contribution in [0, 0.1) is 0 Å². The second kappa shape index (κ2) is 6.28. The Balaban J connectivity index is 2.29. The molecule has 110 valence electrons. The number of hydrogen-bond donors (Lipinski definition) is 0. The average Bonchev–Trinajstić information content (AvgIpc) is 2.47. The van der Waals surface area contributed by atoms with E-state index in [4.69, 9.17) is 16.3 Å². The van der Waals surface area contributed by atoms with Crippen LogP contribution in [0.3, 0.4) is 0 Å². The summed E-state index contributed by atoms with van der Waals surface area (Å²) in [5.74, 6) is -0.756. The monoisotopic (exact) mass is 324 g/mol. The summed E-state index contributed by atoms with van der Waals surface area (Å²) >= 11 is 5.91. The van der Waals surface area contributed by atoms with Gasteiger partial charge in [0.05, 0.1) is 17.0 Å². The van der Waals surface area contributed by atoms with Crippen molar-refractivity contribution in [2.45, 2.75) is 4.90 Å². The number of benzene rings is 2. The Morgan fingerprint density at radius 2 is 1.86 bits per heavy atom. The number of ketones is 1. The van der Waals surface area contributed by atoms with E-state index < -0.39 is 21.4 Å². The highest BCUT2D eigenvalue weighted by molar-refractivity contribution is 7.92. The molecular formula is C15H13ClO4S. The molecule has 0 bridgehead atoms. The lowest BCUT2D eigenvalue weighted by Gasteiger charge is -2.07. The molecule has 2 aromatic rings.